The zero-order chi connectivity index (χ0) is 27.0. The lowest BCUT2D eigenvalue weighted by Crippen LogP contribution is -2.45. The molecule has 0 fully saturated rings. The molecule has 0 saturated carbocycles. The number of hydrogen-bond donors (Lipinski definition) is 3. The number of fused-ring (bicyclic) bond motifs is 2. The molecule has 2 aromatic carbocycles. The molecule has 5 rings (SSSR count). The third-order valence-electron chi connectivity index (χ3n) is 7.94. The van der Waals surface area contributed by atoms with Gasteiger partial charge in [-0.15, -0.1) is 0 Å². The minimum atomic E-state index is -1.04. The Labute approximate surface area is 214 Å². The Kier molecular flexibility index (Phi) is 5.51. The summed E-state index contributed by atoms with van der Waals surface area (Å²) in [5, 5.41) is 10.9. The third-order valence-corrected chi connectivity index (χ3v) is 7.94. The number of aromatic hydroxyl groups is 1. The van der Waals surface area contributed by atoms with Gasteiger partial charge in [0.25, 0.3) is 11.5 Å². The average Bonchev–Trinajstić information content (AvgIpc) is 3.41. The van der Waals surface area contributed by atoms with E-state index in [1.165, 1.54) is 9.13 Å². The van der Waals surface area contributed by atoms with E-state index in [-0.39, 0.29) is 35.0 Å². The zero-order valence-corrected chi connectivity index (χ0v) is 21.8. The molecule has 0 radical (unpaired) electrons. The van der Waals surface area contributed by atoms with Crippen LogP contribution < -0.4 is 27.5 Å². The van der Waals surface area contributed by atoms with E-state index in [4.69, 9.17) is 16.2 Å². The first-order valence-corrected chi connectivity index (χ1v) is 12.5. The number of phenolic OH excluding ortho intramolecular Hbond substituents is 1. The highest BCUT2D eigenvalue weighted by Gasteiger charge is 2.49. The van der Waals surface area contributed by atoms with Crippen molar-refractivity contribution in [3.05, 3.63) is 78.0 Å². The highest BCUT2D eigenvalue weighted by atomic mass is 16.5. The molecule has 1 aliphatic carbocycles. The Balaban J connectivity index is 1.91. The molecule has 3 aromatic rings. The molecule has 9 heteroatoms. The van der Waals surface area contributed by atoms with Crippen molar-refractivity contribution >= 4 is 11.7 Å². The number of carbonyl (C=O) groups excluding carboxylic acids is 1. The average molecular weight is 505 g/mol. The summed E-state index contributed by atoms with van der Waals surface area (Å²) in [6.07, 6.45) is 2.71. The standard InChI is InChI=1S/C28H32N4O5/c1-6-31-26(35)20(24(29)32(27(31)36)17-12-8-10-15-9-7-11-16(15)17)21-18-13(2)22(33)14(3)19(25(30)34)23(18)37-28(21,4)5/h8,10,12,21,33H,6-7,9,11,29H2,1-5H3,(H2,30,34). The summed E-state index contributed by atoms with van der Waals surface area (Å²) in [4.78, 5) is 39.9. The Hall–Kier alpha value is -4.01. The molecule has 37 heavy (non-hydrogen) atoms. The monoisotopic (exact) mass is 504 g/mol. The molecule has 194 valence electrons. The summed E-state index contributed by atoms with van der Waals surface area (Å²) >= 11 is 0. The predicted octanol–water partition coefficient (Wildman–Crippen LogP) is 2.81. The molecule has 1 amide bonds. The zero-order valence-electron chi connectivity index (χ0n) is 21.8. The minimum absolute atomic E-state index is 0.0228. The molecule has 1 aromatic heterocycles. The van der Waals surface area contributed by atoms with Gasteiger partial charge in [0.05, 0.1) is 22.7 Å². The van der Waals surface area contributed by atoms with Gasteiger partial charge >= 0.3 is 5.69 Å². The molecular weight excluding hydrogens is 472 g/mol. The topological polar surface area (TPSA) is 143 Å². The number of aromatic nitrogens is 2. The summed E-state index contributed by atoms with van der Waals surface area (Å²) in [5.74, 6) is -1.36. The molecule has 1 atom stereocenters. The van der Waals surface area contributed by atoms with Gasteiger partial charge in [0.1, 0.15) is 22.9 Å². The molecule has 5 N–H and O–H groups in total. The van der Waals surface area contributed by atoms with E-state index in [1.807, 2.05) is 18.2 Å². The van der Waals surface area contributed by atoms with Crippen LogP contribution in [0.15, 0.2) is 27.8 Å². The van der Waals surface area contributed by atoms with Gasteiger partial charge in [-0.05, 0) is 76.6 Å². The lowest BCUT2D eigenvalue weighted by molar-refractivity contribution is 0.0976. The Morgan fingerprint density at radius 2 is 1.86 bits per heavy atom. The van der Waals surface area contributed by atoms with Crippen molar-refractivity contribution in [2.24, 2.45) is 5.73 Å². The second kappa shape index (κ2) is 8.26. The fourth-order valence-corrected chi connectivity index (χ4v) is 6.19. The van der Waals surface area contributed by atoms with Crippen molar-refractivity contribution in [3.8, 4) is 17.2 Å². The molecule has 1 unspecified atom stereocenters. The Morgan fingerprint density at radius 1 is 1.16 bits per heavy atom. The van der Waals surface area contributed by atoms with Crippen molar-refractivity contribution in [3.63, 3.8) is 0 Å². The normalized spacial score (nSPS) is 17.4. The van der Waals surface area contributed by atoms with E-state index >= 15 is 0 Å². The molecule has 2 aliphatic rings. The van der Waals surface area contributed by atoms with Crippen molar-refractivity contribution in [1.82, 2.24) is 9.13 Å². The SMILES string of the molecule is CCn1c(=O)c(C2c3c(C)c(O)c(C)c(C(N)=O)c3OC2(C)C)c(N)n(-c2cccc3c2CCC3)c1=O. The Morgan fingerprint density at radius 3 is 2.51 bits per heavy atom. The number of benzene rings is 2. The van der Waals surface area contributed by atoms with Crippen molar-refractivity contribution in [2.75, 3.05) is 5.73 Å². The lowest BCUT2D eigenvalue weighted by Gasteiger charge is -2.29. The van der Waals surface area contributed by atoms with Crippen molar-refractivity contribution < 1.29 is 14.6 Å². The number of phenols is 1. The number of nitrogen functional groups attached to an aromatic ring is 1. The van der Waals surface area contributed by atoms with Crippen LogP contribution in [0.4, 0.5) is 5.82 Å². The maximum atomic E-state index is 13.9. The van der Waals surface area contributed by atoms with E-state index < -0.39 is 28.7 Å². The largest absolute Gasteiger partial charge is 0.507 e. The number of amides is 1. The molecule has 9 nitrogen and oxygen atoms in total. The molecule has 2 heterocycles. The smallest absolute Gasteiger partial charge is 0.337 e. The van der Waals surface area contributed by atoms with Crippen LogP contribution in [0.5, 0.6) is 11.5 Å². The quantitative estimate of drug-likeness (QED) is 0.499. The maximum absolute atomic E-state index is 13.9. The summed E-state index contributed by atoms with van der Waals surface area (Å²) in [7, 11) is 0. The van der Waals surface area contributed by atoms with Gasteiger partial charge in [-0.1, -0.05) is 12.1 Å². The van der Waals surface area contributed by atoms with Gasteiger partial charge in [-0.3, -0.25) is 14.2 Å². The number of ether oxygens (including phenoxy) is 1. The van der Waals surface area contributed by atoms with Crippen LogP contribution in [0.3, 0.4) is 0 Å². The minimum Gasteiger partial charge on any atom is -0.507 e. The highest BCUT2D eigenvalue weighted by molar-refractivity contribution is 5.99. The van der Waals surface area contributed by atoms with Crippen molar-refractivity contribution in [1.29, 1.82) is 0 Å². The van der Waals surface area contributed by atoms with Gasteiger partial charge in [0, 0.05) is 17.7 Å². The van der Waals surface area contributed by atoms with E-state index in [0.717, 1.165) is 30.4 Å². The first-order valence-electron chi connectivity index (χ1n) is 12.5. The second-order valence-corrected chi connectivity index (χ2v) is 10.5. The van der Waals surface area contributed by atoms with E-state index in [9.17, 15) is 19.5 Å². The van der Waals surface area contributed by atoms with Crippen LogP contribution in [-0.4, -0.2) is 25.7 Å². The summed E-state index contributed by atoms with van der Waals surface area (Å²) in [6.45, 7) is 8.77. The first kappa shape index (κ1) is 24.7. The number of anilines is 1. The van der Waals surface area contributed by atoms with Crippen LogP contribution in [0, 0.1) is 13.8 Å². The van der Waals surface area contributed by atoms with Gasteiger partial charge in [-0.2, -0.15) is 0 Å². The number of hydrogen-bond acceptors (Lipinski definition) is 6. The number of carbonyl (C=O) groups is 1. The highest BCUT2D eigenvalue weighted by Crippen LogP contribution is 2.54. The molecule has 0 bridgehead atoms. The van der Waals surface area contributed by atoms with Gasteiger partial charge < -0.3 is 21.3 Å². The van der Waals surface area contributed by atoms with Crippen molar-refractivity contribution in [2.45, 2.75) is 71.9 Å². The van der Waals surface area contributed by atoms with Crippen LogP contribution >= 0.6 is 0 Å². The van der Waals surface area contributed by atoms with Gasteiger partial charge in [0.2, 0.25) is 0 Å². The number of rotatable bonds is 4. The fourth-order valence-electron chi connectivity index (χ4n) is 6.19. The van der Waals surface area contributed by atoms with E-state index in [2.05, 4.69) is 0 Å². The van der Waals surface area contributed by atoms with E-state index in [0.29, 0.717) is 22.4 Å². The van der Waals surface area contributed by atoms with Crippen LogP contribution in [0.2, 0.25) is 0 Å². The third kappa shape index (κ3) is 3.33. The molecule has 1 aliphatic heterocycles. The number of nitrogens with zero attached hydrogens (tertiary/aromatic N) is 2. The summed E-state index contributed by atoms with van der Waals surface area (Å²) in [5.41, 5.74) is 14.7. The molecular formula is C28H32N4O5. The molecule has 0 saturated heterocycles. The predicted molar refractivity (Wildman–Crippen MR) is 141 cm³/mol. The van der Waals surface area contributed by atoms with Gasteiger partial charge in [-0.25, -0.2) is 9.36 Å². The van der Waals surface area contributed by atoms with E-state index in [1.54, 1.807) is 34.6 Å². The summed E-state index contributed by atoms with van der Waals surface area (Å²) < 4.78 is 8.90. The lowest BCUT2D eigenvalue weighted by atomic mass is 9.78. The Bertz CT molecular complexity index is 1610. The van der Waals surface area contributed by atoms with Crippen LogP contribution in [-0.2, 0) is 19.4 Å². The molecule has 0 spiro atoms. The maximum Gasteiger partial charge on any atom is 0.337 e. The van der Waals surface area contributed by atoms with Crippen LogP contribution in [0.1, 0.15) is 76.8 Å². The number of nitrogens with two attached hydrogens (primary N) is 2. The fraction of sp³-hybridized carbons (Fsp3) is 0.393. The number of primary amides is 1. The number of aryl methyl sites for hydroxylation is 1. The second-order valence-electron chi connectivity index (χ2n) is 10.5. The van der Waals surface area contributed by atoms with Crippen LogP contribution in [0.25, 0.3) is 5.69 Å². The first-order chi connectivity index (χ1) is 17.4. The summed E-state index contributed by atoms with van der Waals surface area (Å²) in [6, 6.07) is 5.80. The van der Waals surface area contributed by atoms with Gasteiger partial charge in [0.15, 0.2) is 0 Å².